The Morgan fingerprint density at radius 2 is 2.00 bits per heavy atom. The zero-order valence-electron chi connectivity index (χ0n) is 13.4. The molecule has 1 saturated heterocycles. The summed E-state index contributed by atoms with van der Waals surface area (Å²) in [4.78, 5) is 16.8. The molecule has 1 fully saturated rings. The normalized spacial score (nSPS) is 21.2. The summed E-state index contributed by atoms with van der Waals surface area (Å²) in [6.07, 6.45) is -4.30. The van der Waals surface area contributed by atoms with Crippen LogP contribution < -0.4 is 0 Å². The van der Waals surface area contributed by atoms with Crippen LogP contribution in [0.15, 0.2) is 28.8 Å². The summed E-state index contributed by atoms with van der Waals surface area (Å²) in [7, 11) is 0. The van der Waals surface area contributed by atoms with Gasteiger partial charge in [0, 0.05) is 36.6 Å². The number of rotatable bonds is 5. The van der Waals surface area contributed by atoms with Gasteiger partial charge in [-0.25, -0.2) is 0 Å². The molecular weight excluding hydrogens is 375 g/mol. The van der Waals surface area contributed by atoms with Crippen LogP contribution in [0.3, 0.4) is 0 Å². The van der Waals surface area contributed by atoms with Crippen molar-refractivity contribution in [2.75, 3.05) is 19.6 Å². The summed E-state index contributed by atoms with van der Waals surface area (Å²) in [6.45, 7) is -0.297. The lowest BCUT2D eigenvalue weighted by Gasteiger charge is -2.18. The lowest BCUT2D eigenvalue weighted by molar-refractivity contribution is -0.188. The van der Waals surface area contributed by atoms with Crippen LogP contribution in [0, 0.1) is 11.8 Å². The highest BCUT2D eigenvalue weighted by atomic mass is 35.5. The third kappa shape index (κ3) is 4.16. The van der Waals surface area contributed by atoms with Gasteiger partial charge < -0.3 is 14.5 Å². The molecule has 0 spiro atoms. The molecule has 0 radical (unpaired) electrons. The summed E-state index contributed by atoms with van der Waals surface area (Å²) in [5.41, 5.74) is 0.702. The predicted molar refractivity (Wildman–Crippen MR) is 85.6 cm³/mol. The van der Waals surface area contributed by atoms with Crippen LogP contribution >= 0.6 is 11.6 Å². The first kappa shape index (κ1) is 18.7. The Kier molecular flexibility index (Phi) is 5.19. The van der Waals surface area contributed by atoms with Crippen molar-refractivity contribution in [3.8, 4) is 11.4 Å². The quantitative estimate of drug-likeness (QED) is 0.846. The van der Waals surface area contributed by atoms with E-state index in [4.69, 9.17) is 21.2 Å². The largest absolute Gasteiger partial charge is 0.481 e. The molecule has 0 bridgehead atoms. The molecular formula is C16H15ClF3N3O3. The van der Waals surface area contributed by atoms with Crippen molar-refractivity contribution in [3.05, 3.63) is 35.2 Å². The number of nitrogens with zero attached hydrogens (tertiary/aromatic N) is 3. The average Bonchev–Trinajstić information content (AvgIpc) is 3.20. The minimum absolute atomic E-state index is 0.155. The Bertz CT molecular complexity index is 779. The number of alkyl halides is 3. The Balaban J connectivity index is 1.61. The Morgan fingerprint density at radius 1 is 1.31 bits per heavy atom. The number of benzene rings is 1. The summed E-state index contributed by atoms with van der Waals surface area (Å²) in [5, 5.41) is 13.4. The van der Waals surface area contributed by atoms with E-state index in [-0.39, 0.29) is 31.9 Å². The molecule has 140 valence electrons. The van der Waals surface area contributed by atoms with Gasteiger partial charge in [0.1, 0.15) is 0 Å². The van der Waals surface area contributed by atoms with Crippen molar-refractivity contribution in [1.82, 2.24) is 15.0 Å². The van der Waals surface area contributed by atoms with Gasteiger partial charge in [0.15, 0.2) is 0 Å². The van der Waals surface area contributed by atoms with Crippen molar-refractivity contribution < 1.29 is 27.6 Å². The number of halogens is 4. The molecule has 2 atom stereocenters. The molecule has 0 aliphatic carbocycles. The second-order valence-corrected chi connectivity index (χ2v) is 6.56. The van der Waals surface area contributed by atoms with E-state index in [0.717, 1.165) is 0 Å². The number of hydrogen-bond acceptors (Lipinski definition) is 5. The molecule has 3 rings (SSSR count). The van der Waals surface area contributed by atoms with Gasteiger partial charge in [0.25, 0.3) is 0 Å². The third-order valence-corrected chi connectivity index (χ3v) is 4.60. The fourth-order valence-corrected chi connectivity index (χ4v) is 3.10. The van der Waals surface area contributed by atoms with Gasteiger partial charge in [-0.05, 0) is 24.3 Å². The highest BCUT2D eigenvalue weighted by Gasteiger charge is 2.52. The molecule has 1 aromatic heterocycles. The van der Waals surface area contributed by atoms with Crippen molar-refractivity contribution >= 4 is 17.6 Å². The molecule has 0 saturated carbocycles. The van der Waals surface area contributed by atoms with E-state index in [2.05, 4.69) is 10.1 Å². The highest BCUT2D eigenvalue weighted by Crippen LogP contribution is 2.37. The molecule has 1 aliphatic rings. The third-order valence-electron chi connectivity index (χ3n) is 4.35. The van der Waals surface area contributed by atoms with E-state index in [0.29, 0.717) is 16.4 Å². The molecule has 1 aliphatic heterocycles. The maximum Gasteiger partial charge on any atom is 0.393 e. The molecule has 2 heterocycles. The molecule has 0 amide bonds. The first-order valence-electron chi connectivity index (χ1n) is 7.84. The Hall–Kier alpha value is -2.13. The van der Waals surface area contributed by atoms with E-state index in [1.807, 2.05) is 0 Å². The Labute approximate surface area is 151 Å². The van der Waals surface area contributed by atoms with Gasteiger partial charge in [-0.15, -0.1) is 0 Å². The molecule has 2 aromatic rings. The van der Waals surface area contributed by atoms with Crippen molar-refractivity contribution in [3.63, 3.8) is 0 Å². The molecule has 1 N–H and O–H groups in total. The van der Waals surface area contributed by atoms with Gasteiger partial charge in [0.2, 0.25) is 11.7 Å². The van der Waals surface area contributed by atoms with Crippen LogP contribution in [0.25, 0.3) is 11.4 Å². The molecule has 26 heavy (non-hydrogen) atoms. The number of carbonyl (C=O) groups is 1. The zero-order valence-corrected chi connectivity index (χ0v) is 14.2. The summed E-state index contributed by atoms with van der Waals surface area (Å²) in [6, 6.07) is 6.81. The maximum atomic E-state index is 13.0. The fourth-order valence-electron chi connectivity index (χ4n) is 2.98. The number of aromatic nitrogens is 2. The summed E-state index contributed by atoms with van der Waals surface area (Å²) in [5.74, 6) is -4.13. The fraction of sp³-hybridized carbons (Fsp3) is 0.438. The maximum absolute atomic E-state index is 13.0. The molecule has 10 heteroatoms. The SMILES string of the molecule is O=C(O)[C@@H]1CN(CCc2nc(-c3ccc(Cl)cc3)no2)C[C@H]1C(F)(F)F. The van der Waals surface area contributed by atoms with Crippen LogP contribution in [0.5, 0.6) is 0 Å². The first-order valence-corrected chi connectivity index (χ1v) is 8.22. The molecule has 6 nitrogen and oxygen atoms in total. The summed E-state index contributed by atoms with van der Waals surface area (Å²) < 4.78 is 44.1. The smallest absolute Gasteiger partial charge is 0.393 e. The molecule has 0 unspecified atom stereocenters. The Morgan fingerprint density at radius 3 is 2.58 bits per heavy atom. The minimum Gasteiger partial charge on any atom is -0.481 e. The van der Waals surface area contributed by atoms with Gasteiger partial charge in [-0.2, -0.15) is 18.2 Å². The predicted octanol–water partition coefficient (Wildman–Crippen LogP) is 3.13. The average molecular weight is 390 g/mol. The van der Waals surface area contributed by atoms with E-state index in [9.17, 15) is 18.0 Å². The van der Waals surface area contributed by atoms with Crippen LogP contribution in [0.1, 0.15) is 5.89 Å². The number of carboxylic acid groups (broad SMARTS) is 1. The van der Waals surface area contributed by atoms with Gasteiger partial charge in [-0.3, -0.25) is 4.79 Å². The van der Waals surface area contributed by atoms with Gasteiger partial charge in [0.05, 0.1) is 11.8 Å². The lowest BCUT2D eigenvalue weighted by atomic mass is 9.96. The van der Waals surface area contributed by atoms with E-state index >= 15 is 0 Å². The summed E-state index contributed by atoms with van der Waals surface area (Å²) >= 11 is 5.81. The first-order chi connectivity index (χ1) is 12.2. The lowest BCUT2D eigenvalue weighted by Crippen LogP contribution is -2.33. The topological polar surface area (TPSA) is 79.5 Å². The van der Waals surface area contributed by atoms with Crippen LogP contribution in [0.4, 0.5) is 13.2 Å². The second kappa shape index (κ2) is 7.24. The van der Waals surface area contributed by atoms with Gasteiger partial charge >= 0.3 is 12.1 Å². The van der Waals surface area contributed by atoms with E-state index in [1.54, 1.807) is 24.3 Å². The van der Waals surface area contributed by atoms with Crippen LogP contribution in [-0.4, -0.2) is 51.9 Å². The molecule has 1 aromatic carbocycles. The zero-order chi connectivity index (χ0) is 18.9. The number of hydrogen-bond donors (Lipinski definition) is 1. The number of carboxylic acids is 1. The minimum atomic E-state index is -4.54. The van der Waals surface area contributed by atoms with E-state index < -0.39 is 24.0 Å². The number of likely N-dealkylation sites (tertiary alicyclic amines) is 1. The van der Waals surface area contributed by atoms with Crippen LogP contribution in [-0.2, 0) is 11.2 Å². The van der Waals surface area contributed by atoms with Gasteiger partial charge in [-0.1, -0.05) is 16.8 Å². The van der Waals surface area contributed by atoms with Crippen LogP contribution in [0.2, 0.25) is 5.02 Å². The monoisotopic (exact) mass is 389 g/mol. The van der Waals surface area contributed by atoms with Crippen molar-refractivity contribution in [1.29, 1.82) is 0 Å². The standard InChI is InChI=1S/C16H15ClF3N3O3/c17-10-3-1-9(2-4-10)14-21-13(26-22-14)5-6-23-7-11(15(24)25)12(8-23)16(18,19)20/h1-4,11-12H,5-8H2,(H,24,25)/t11-,12-/m1/s1. The second-order valence-electron chi connectivity index (χ2n) is 6.12. The van der Waals surface area contributed by atoms with Crippen molar-refractivity contribution in [2.45, 2.75) is 12.6 Å². The number of aliphatic carboxylic acids is 1. The van der Waals surface area contributed by atoms with Crippen molar-refractivity contribution in [2.24, 2.45) is 11.8 Å². The van der Waals surface area contributed by atoms with E-state index in [1.165, 1.54) is 4.90 Å². The highest BCUT2D eigenvalue weighted by molar-refractivity contribution is 6.30.